The summed E-state index contributed by atoms with van der Waals surface area (Å²) < 4.78 is 25.9. The molecule has 8 heteroatoms. The summed E-state index contributed by atoms with van der Waals surface area (Å²) in [6.07, 6.45) is 0.0241. The van der Waals surface area contributed by atoms with Crippen molar-refractivity contribution in [3.63, 3.8) is 0 Å². The molecule has 1 aromatic heterocycles. The zero-order valence-electron chi connectivity index (χ0n) is 11.9. The number of carbonyl (C=O) groups excluding carboxylic acids is 1. The number of amides is 1. The number of carbonyl (C=O) groups is 1. The highest BCUT2D eigenvalue weighted by molar-refractivity contribution is 7.90. The molecule has 2 aliphatic heterocycles. The first-order valence-electron chi connectivity index (χ1n) is 7.00. The molecule has 0 N–H and O–H groups in total. The van der Waals surface area contributed by atoms with E-state index >= 15 is 0 Å². The van der Waals surface area contributed by atoms with E-state index in [4.69, 9.17) is 4.84 Å². The lowest BCUT2D eigenvalue weighted by atomic mass is 10.1. The topological polar surface area (TPSA) is 76.0 Å². The third-order valence-corrected chi connectivity index (χ3v) is 6.55. The van der Waals surface area contributed by atoms with Crippen LogP contribution < -0.4 is 0 Å². The van der Waals surface area contributed by atoms with Crippen LogP contribution >= 0.6 is 11.3 Å². The molecule has 4 rings (SSSR count). The molecule has 23 heavy (non-hydrogen) atoms. The molecule has 2 aliphatic rings. The third kappa shape index (κ3) is 2.25. The van der Waals surface area contributed by atoms with Gasteiger partial charge in [0.25, 0.3) is 15.9 Å². The van der Waals surface area contributed by atoms with Crippen LogP contribution in [-0.2, 0) is 14.9 Å². The largest absolute Gasteiger partial charge is 0.390 e. The summed E-state index contributed by atoms with van der Waals surface area (Å²) in [7, 11) is -3.80. The van der Waals surface area contributed by atoms with Crippen molar-refractivity contribution in [2.45, 2.75) is 17.4 Å². The predicted octanol–water partition coefficient (Wildman–Crippen LogP) is 2.09. The summed E-state index contributed by atoms with van der Waals surface area (Å²) in [6.45, 7) is -0.0335. The second-order valence-corrected chi connectivity index (χ2v) is 8.06. The molecule has 1 aromatic carbocycles. The first-order valence-corrected chi connectivity index (χ1v) is 9.32. The summed E-state index contributed by atoms with van der Waals surface area (Å²) in [5.74, 6) is -0.506. The van der Waals surface area contributed by atoms with E-state index in [-0.39, 0.29) is 17.0 Å². The van der Waals surface area contributed by atoms with Crippen molar-refractivity contribution in [2.24, 2.45) is 5.16 Å². The maximum atomic E-state index is 12.5. The summed E-state index contributed by atoms with van der Waals surface area (Å²) in [5, 5.41) is 5.96. The van der Waals surface area contributed by atoms with Gasteiger partial charge in [-0.1, -0.05) is 23.4 Å². The summed E-state index contributed by atoms with van der Waals surface area (Å²) in [6, 6.07) is 10.1. The number of rotatable bonds is 3. The Morgan fingerprint density at radius 1 is 1.26 bits per heavy atom. The fourth-order valence-electron chi connectivity index (χ4n) is 2.71. The first-order chi connectivity index (χ1) is 11.1. The third-order valence-electron chi connectivity index (χ3n) is 3.82. The van der Waals surface area contributed by atoms with E-state index in [9.17, 15) is 13.2 Å². The minimum absolute atomic E-state index is 0.0335. The zero-order chi connectivity index (χ0) is 16.0. The van der Waals surface area contributed by atoms with Gasteiger partial charge in [-0.05, 0) is 23.6 Å². The van der Waals surface area contributed by atoms with Gasteiger partial charge in [0.05, 0.1) is 17.0 Å². The van der Waals surface area contributed by atoms with Crippen LogP contribution in [0.15, 0.2) is 51.8 Å². The molecule has 6 nitrogen and oxygen atoms in total. The molecule has 0 spiro atoms. The molecule has 0 saturated carbocycles. The lowest BCUT2D eigenvalue weighted by Crippen LogP contribution is -2.37. The highest BCUT2D eigenvalue weighted by Crippen LogP contribution is 2.31. The normalized spacial score (nSPS) is 21.9. The molecule has 118 valence electrons. The molecule has 3 heterocycles. The van der Waals surface area contributed by atoms with E-state index in [0.717, 1.165) is 14.9 Å². The number of benzene rings is 1. The Kier molecular flexibility index (Phi) is 3.24. The Morgan fingerprint density at radius 2 is 2.09 bits per heavy atom. The number of nitrogens with zero attached hydrogens (tertiary/aromatic N) is 2. The van der Waals surface area contributed by atoms with Gasteiger partial charge in [0, 0.05) is 6.42 Å². The second kappa shape index (κ2) is 5.17. The van der Waals surface area contributed by atoms with Crippen molar-refractivity contribution in [3.8, 4) is 0 Å². The monoisotopic (exact) mass is 348 g/mol. The number of sulfonamides is 1. The van der Waals surface area contributed by atoms with Gasteiger partial charge in [-0.15, -0.1) is 11.3 Å². The fraction of sp³-hybridized carbons (Fsp3) is 0.200. The molecule has 2 aromatic rings. The van der Waals surface area contributed by atoms with Crippen LogP contribution in [-0.4, -0.2) is 37.0 Å². The van der Waals surface area contributed by atoms with E-state index in [1.165, 1.54) is 12.1 Å². The lowest BCUT2D eigenvalue weighted by Gasteiger charge is -2.18. The number of oxime groups is 1. The maximum absolute atomic E-state index is 12.5. The lowest BCUT2D eigenvalue weighted by molar-refractivity contribution is 0.0599. The van der Waals surface area contributed by atoms with Crippen molar-refractivity contribution in [1.82, 2.24) is 4.31 Å². The average molecular weight is 348 g/mol. The maximum Gasteiger partial charge on any atom is 0.269 e. The standard InChI is InChI=1S/C15H12N2O4S2/c18-15-11-4-1-2-6-14(11)23(19,20)17(15)9-10-8-12(16-21-10)13-5-3-7-22-13/h1-7,10H,8-9H2/t10-/m0/s1. The Labute approximate surface area is 137 Å². The number of thiophene rings is 1. The quantitative estimate of drug-likeness (QED) is 0.851. The van der Waals surface area contributed by atoms with Crippen molar-refractivity contribution in [1.29, 1.82) is 0 Å². The number of fused-ring (bicyclic) bond motifs is 1. The molecule has 0 bridgehead atoms. The van der Waals surface area contributed by atoms with Crippen LogP contribution in [0.3, 0.4) is 0 Å². The second-order valence-electron chi connectivity index (χ2n) is 5.28. The first kappa shape index (κ1) is 14.4. The highest BCUT2D eigenvalue weighted by Gasteiger charge is 2.43. The molecule has 1 amide bonds. The molecule has 0 fully saturated rings. The summed E-state index contributed by atoms with van der Waals surface area (Å²) >= 11 is 1.55. The van der Waals surface area contributed by atoms with E-state index < -0.39 is 22.0 Å². The van der Waals surface area contributed by atoms with E-state index in [1.807, 2.05) is 17.5 Å². The molecule has 0 radical (unpaired) electrons. The van der Waals surface area contributed by atoms with Crippen LogP contribution in [0, 0.1) is 0 Å². The average Bonchev–Trinajstić information content (AvgIpc) is 3.25. The van der Waals surface area contributed by atoms with Crippen molar-refractivity contribution >= 4 is 33.0 Å². The Balaban J connectivity index is 1.54. The molecular weight excluding hydrogens is 336 g/mol. The van der Waals surface area contributed by atoms with Gasteiger partial charge in [-0.2, -0.15) is 0 Å². The SMILES string of the molecule is O=C1c2ccccc2S(=O)(=O)N1C[C@@H]1CC(c2cccs2)=NO1. The van der Waals surface area contributed by atoms with Gasteiger partial charge >= 0.3 is 0 Å². The Bertz CT molecular complexity index is 903. The minimum atomic E-state index is -3.80. The van der Waals surface area contributed by atoms with Gasteiger partial charge < -0.3 is 4.84 Å². The number of hydrogen-bond acceptors (Lipinski definition) is 6. The Morgan fingerprint density at radius 3 is 2.83 bits per heavy atom. The van der Waals surface area contributed by atoms with Crippen LogP contribution in [0.4, 0.5) is 0 Å². The van der Waals surface area contributed by atoms with Crippen molar-refractivity contribution in [3.05, 3.63) is 52.2 Å². The van der Waals surface area contributed by atoms with Gasteiger partial charge in [0.15, 0.2) is 6.10 Å². The van der Waals surface area contributed by atoms with Gasteiger partial charge in [-0.25, -0.2) is 12.7 Å². The van der Waals surface area contributed by atoms with Crippen molar-refractivity contribution in [2.75, 3.05) is 6.54 Å². The van der Waals surface area contributed by atoms with Crippen LogP contribution in [0.25, 0.3) is 0 Å². The van der Waals surface area contributed by atoms with Crippen LogP contribution in [0.5, 0.6) is 0 Å². The van der Waals surface area contributed by atoms with Crippen LogP contribution in [0.2, 0.25) is 0 Å². The highest BCUT2D eigenvalue weighted by atomic mass is 32.2. The molecule has 0 saturated heterocycles. The van der Waals surface area contributed by atoms with Gasteiger partial charge in [0.1, 0.15) is 10.6 Å². The van der Waals surface area contributed by atoms with Crippen LogP contribution in [0.1, 0.15) is 21.7 Å². The van der Waals surface area contributed by atoms with E-state index in [0.29, 0.717) is 6.42 Å². The smallest absolute Gasteiger partial charge is 0.269 e. The zero-order valence-corrected chi connectivity index (χ0v) is 13.5. The van der Waals surface area contributed by atoms with Gasteiger partial charge in [0.2, 0.25) is 0 Å². The molecular formula is C15H12N2O4S2. The fourth-order valence-corrected chi connectivity index (χ4v) is 5.03. The van der Waals surface area contributed by atoms with E-state index in [1.54, 1.807) is 23.5 Å². The molecule has 0 aliphatic carbocycles. The Hall–Kier alpha value is -2.19. The number of hydrogen-bond donors (Lipinski definition) is 0. The molecule has 1 atom stereocenters. The summed E-state index contributed by atoms with van der Waals surface area (Å²) in [4.78, 5) is 18.7. The van der Waals surface area contributed by atoms with E-state index in [2.05, 4.69) is 5.16 Å². The molecule has 0 unspecified atom stereocenters. The van der Waals surface area contributed by atoms with Gasteiger partial charge in [-0.3, -0.25) is 4.79 Å². The minimum Gasteiger partial charge on any atom is -0.390 e. The predicted molar refractivity (Wildman–Crippen MR) is 85.0 cm³/mol. The summed E-state index contributed by atoms with van der Waals surface area (Å²) in [5.41, 5.74) is 0.997. The van der Waals surface area contributed by atoms with Crippen molar-refractivity contribution < 1.29 is 18.0 Å².